The van der Waals surface area contributed by atoms with Crippen LogP contribution >= 0.6 is 0 Å². The zero-order valence-electron chi connectivity index (χ0n) is 12.9. The zero-order valence-corrected chi connectivity index (χ0v) is 12.9. The minimum absolute atomic E-state index is 0.186. The lowest BCUT2D eigenvalue weighted by Gasteiger charge is -2.04. The summed E-state index contributed by atoms with van der Waals surface area (Å²) in [4.78, 5) is 21.9. The van der Waals surface area contributed by atoms with Crippen LogP contribution in [0.15, 0.2) is 48.9 Å². The largest absolute Gasteiger partial charge is 0.308 e. The van der Waals surface area contributed by atoms with E-state index in [-0.39, 0.29) is 24.6 Å². The van der Waals surface area contributed by atoms with E-state index in [1.807, 2.05) is 0 Å². The van der Waals surface area contributed by atoms with Crippen molar-refractivity contribution in [1.29, 1.82) is 0 Å². The van der Waals surface area contributed by atoms with Gasteiger partial charge in [0, 0.05) is 17.8 Å². The highest BCUT2D eigenvalue weighted by atomic mass is 19.1. The molecule has 1 amide bonds. The van der Waals surface area contributed by atoms with Crippen LogP contribution in [-0.4, -0.2) is 30.4 Å². The normalized spacial score (nSPS) is 10.6. The first kappa shape index (κ1) is 16.3. The van der Waals surface area contributed by atoms with Crippen LogP contribution in [0.5, 0.6) is 0 Å². The first-order valence-corrected chi connectivity index (χ1v) is 7.25. The number of hydrogen-bond donors (Lipinski definition) is 1. The zero-order chi connectivity index (χ0) is 17.8. The minimum atomic E-state index is -0.591. The van der Waals surface area contributed by atoms with Crippen LogP contribution in [0.25, 0.3) is 0 Å². The average Bonchev–Trinajstić information content (AvgIpc) is 3.19. The second-order valence-electron chi connectivity index (χ2n) is 5.19. The Labute approximate surface area is 140 Å². The number of hydrogen-bond acceptors (Lipinski definition) is 5. The van der Waals surface area contributed by atoms with Gasteiger partial charge in [-0.3, -0.25) is 24.3 Å². The lowest BCUT2D eigenvalue weighted by molar-refractivity contribution is -0.385. The summed E-state index contributed by atoms with van der Waals surface area (Å²) >= 11 is 0. The first-order valence-electron chi connectivity index (χ1n) is 7.25. The van der Waals surface area contributed by atoms with Crippen molar-refractivity contribution in [3.05, 3.63) is 70.4 Å². The maximum atomic E-state index is 13.6. The fraction of sp³-hybridized carbons (Fsp3) is 0.133. The summed E-state index contributed by atoms with van der Waals surface area (Å²) in [6, 6.07) is 7.93. The molecule has 0 saturated carbocycles. The van der Waals surface area contributed by atoms with Crippen molar-refractivity contribution in [2.45, 2.75) is 13.1 Å². The number of benzene rings is 1. The fourth-order valence-electron chi connectivity index (χ4n) is 2.18. The molecule has 9 nitrogen and oxygen atoms in total. The molecule has 0 aliphatic carbocycles. The van der Waals surface area contributed by atoms with E-state index in [0.29, 0.717) is 11.4 Å². The van der Waals surface area contributed by atoms with E-state index in [0.717, 1.165) is 17.1 Å². The highest BCUT2D eigenvalue weighted by molar-refractivity contribution is 5.89. The van der Waals surface area contributed by atoms with E-state index in [1.165, 1.54) is 10.7 Å². The maximum Gasteiger partial charge on any atom is 0.307 e. The highest BCUT2D eigenvalue weighted by Gasteiger charge is 2.12. The first-order chi connectivity index (χ1) is 12.0. The Bertz CT molecular complexity index is 919. The monoisotopic (exact) mass is 344 g/mol. The summed E-state index contributed by atoms with van der Waals surface area (Å²) in [7, 11) is 0. The second kappa shape index (κ2) is 6.91. The van der Waals surface area contributed by atoms with Crippen LogP contribution < -0.4 is 5.32 Å². The Morgan fingerprint density at radius 1 is 1.28 bits per heavy atom. The number of nitro groups is 1. The number of halogens is 1. The van der Waals surface area contributed by atoms with Crippen molar-refractivity contribution in [1.82, 2.24) is 19.6 Å². The molecule has 0 fully saturated rings. The molecule has 2 heterocycles. The predicted octanol–water partition coefficient (Wildman–Crippen LogP) is 1.81. The fourth-order valence-corrected chi connectivity index (χ4v) is 2.18. The van der Waals surface area contributed by atoms with Gasteiger partial charge in [0.15, 0.2) is 5.82 Å². The quantitative estimate of drug-likeness (QED) is 0.542. The number of nitrogens with one attached hydrogen (secondary N) is 1. The van der Waals surface area contributed by atoms with Crippen molar-refractivity contribution < 1.29 is 14.1 Å². The Kier molecular flexibility index (Phi) is 4.50. The molecule has 0 unspecified atom stereocenters. The van der Waals surface area contributed by atoms with Crippen LogP contribution in [0, 0.1) is 15.9 Å². The molecule has 1 aromatic carbocycles. The molecule has 0 aliphatic heterocycles. The Balaban J connectivity index is 1.59. The topological polar surface area (TPSA) is 108 Å². The van der Waals surface area contributed by atoms with Gasteiger partial charge in [0.05, 0.1) is 11.5 Å². The van der Waals surface area contributed by atoms with E-state index in [1.54, 1.807) is 30.5 Å². The van der Waals surface area contributed by atoms with Gasteiger partial charge in [0.2, 0.25) is 5.91 Å². The summed E-state index contributed by atoms with van der Waals surface area (Å²) in [5, 5.41) is 21.0. The molecule has 0 bridgehead atoms. The lowest BCUT2D eigenvalue weighted by Crippen LogP contribution is -2.19. The highest BCUT2D eigenvalue weighted by Crippen LogP contribution is 2.11. The van der Waals surface area contributed by atoms with E-state index < -0.39 is 10.8 Å². The van der Waals surface area contributed by atoms with Crippen LogP contribution in [0.3, 0.4) is 0 Å². The smallest absolute Gasteiger partial charge is 0.307 e. The molecular weight excluding hydrogens is 331 g/mol. The van der Waals surface area contributed by atoms with Crippen molar-refractivity contribution in [3.8, 4) is 0 Å². The third-order valence-corrected chi connectivity index (χ3v) is 3.33. The third kappa shape index (κ3) is 4.05. The number of carbonyl (C=O) groups is 1. The molecule has 1 N–H and O–H groups in total. The number of rotatable bonds is 6. The van der Waals surface area contributed by atoms with Gasteiger partial charge in [-0.15, -0.1) is 0 Å². The molecule has 2 aromatic heterocycles. The number of nitrogens with zero attached hydrogens (tertiary/aromatic N) is 5. The number of carbonyl (C=O) groups excluding carboxylic acids is 1. The predicted molar refractivity (Wildman–Crippen MR) is 85.2 cm³/mol. The summed E-state index contributed by atoms with van der Waals surface area (Å²) in [6.45, 7) is 0.0436. The van der Waals surface area contributed by atoms with Gasteiger partial charge < -0.3 is 5.32 Å². The van der Waals surface area contributed by atoms with Crippen molar-refractivity contribution >= 4 is 17.4 Å². The summed E-state index contributed by atoms with van der Waals surface area (Å²) in [5.74, 6) is -0.471. The SMILES string of the molecule is O=C(Cn1cc([N+](=O)[O-])cn1)Nc1ccn(Cc2ccccc2F)n1. The number of amides is 1. The average molecular weight is 344 g/mol. The number of aromatic nitrogens is 4. The molecular formula is C15H13FN6O3. The van der Waals surface area contributed by atoms with Crippen molar-refractivity contribution in [2.75, 3.05) is 5.32 Å². The molecule has 128 valence electrons. The third-order valence-electron chi connectivity index (χ3n) is 3.33. The summed E-state index contributed by atoms with van der Waals surface area (Å²) in [5.41, 5.74) is 0.286. The van der Waals surface area contributed by atoms with Gasteiger partial charge in [0.1, 0.15) is 24.8 Å². The maximum absolute atomic E-state index is 13.6. The Morgan fingerprint density at radius 3 is 2.80 bits per heavy atom. The molecule has 3 aromatic rings. The van der Waals surface area contributed by atoms with Gasteiger partial charge >= 0.3 is 5.69 Å². The van der Waals surface area contributed by atoms with E-state index in [2.05, 4.69) is 15.5 Å². The molecule has 0 atom stereocenters. The molecule has 25 heavy (non-hydrogen) atoms. The number of anilines is 1. The molecule has 0 aliphatic rings. The minimum Gasteiger partial charge on any atom is -0.308 e. The molecule has 0 spiro atoms. The van der Waals surface area contributed by atoms with Crippen molar-refractivity contribution in [3.63, 3.8) is 0 Å². The Morgan fingerprint density at radius 2 is 2.08 bits per heavy atom. The van der Waals surface area contributed by atoms with E-state index in [9.17, 15) is 19.3 Å². The van der Waals surface area contributed by atoms with Gasteiger partial charge in [0.25, 0.3) is 0 Å². The molecule has 3 rings (SSSR count). The van der Waals surface area contributed by atoms with Crippen LogP contribution in [0.4, 0.5) is 15.9 Å². The summed E-state index contributed by atoms with van der Waals surface area (Å²) in [6.07, 6.45) is 3.84. The van der Waals surface area contributed by atoms with Gasteiger partial charge in [-0.2, -0.15) is 10.2 Å². The lowest BCUT2D eigenvalue weighted by atomic mass is 10.2. The second-order valence-corrected chi connectivity index (χ2v) is 5.19. The van der Waals surface area contributed by atoms with E-state index in [4.69, 9.17) is 0 Å². The van der Waals surface area contributed by atoms with Crippen LogP contribution in [-0.2, 0) is 17.9 Å². The van der Waals surface area contributed by atoms with E-state index >= 15 is 0 Å². The summed E-state index contributed by atoms with van der Waals surface area (Å²) < 4.78 is 16.3. The molecule has 0 radical (unpaired) electrons. The van der Waals surface area contributed by atoms with Gasteiger partial charge in [-0.1, -0.05) is 18.2 Å². The van der Waals surface area contributed by atoms with Crippen LogP contribution in [0.2, 0.25) is 0 Å². The Hall–Kier alpha value is -3.56. The van der Waals surface area contributed by atoms with Gasteiger partial charge in [-0.05, 0) is 6.07 Å². The van der Waals surface area contributed by atoms with Gasteiger partial charge in [-0.25, -0.2) is 4.39 Å². The molecule has 10 heteroatoms. The standard InChI is InChI=1S/C15H13FN6O3/c16-13-4-2-1-3-11(13)8-20-6-5-14(19-20)18-15(23)10-21-9-12(7-17-21)22(24)25/h1-7,9H,8,10H2,(H,18,19,23). The van der Waals surface area contributed by atoms with Crippen molar-refractivity contribution in [2.24, 2.45) is 0 Å². The van der Waals surface area contributed by atoms with Crippen LogP contribution in [0.1, 0.15) is 5.56 Å². The molecule has 0 saturated heterocycles.